The van der Waals surface area contributed by atoms with Crippen molar-refractivity contribution < 1.29 is 18.9 Å². The van der Waals surface area contributed by atoms with Gasteiger partial charge in [0.25, 0.3) is 0 Å². The van der Waals surface area contributed by atoms with E-state index in [0.29, 0.717) is 84.2 Å². The summed E-state index contributed by atoms with van der Waals surface area (Å²) in [6, 6.07) is 30.7. The lowest BCUT2D eigenvalue weighted by Crippen LogP contribution is -2.05. The fourth-order valence-electron chi connectivity index (χ4n) is 6.06. The van der Waals surface area contributed by atoms with E-state index >= 15 is 0 Å². The molecule has 0 radical (unpaired) electrons. The first-order chi connectivity index (χ1) is 28.6. The molecule has 18 nitrogen and oxygen atoms in total. The molecule has 0 aliphatic rings. The number of hydrogen-bond donors (Lipinski definition) is 2. The highest BCUT2D eigenvalue weighted by atomic mass is 16.5. The van der Waals surface area contributed by atoms with Crippen LogP contribution in [0, 0.1) is 0 Å². The lowest BCUT2D eigenvalue weighted by molar-refractivity contribution is 0.271. The summed E-state index contributed by atoms with van der Waals surface area (Å²) in [5.74, 6) is 5.88. The number of rotatable bonds is 19. The van der Waals surface area contributed by atoms with E-state index in [0.717, 1.165) is 47.9 Å². The van der Waals surface area contributed by atoms with Gasteiger partial charge in [0.1, 0.15) is 24.7 Å². The number of nitrogens with zero attached hydrogens (tertiary/aromatic N) is 12. The average molecular weight is 781 g/mol. The topological polar surface area (TPSA) is 207 Å². The van der Waals surface area contributed by atoms with E-state index in [4.69, 9.17) is 18.9 Å². The Morgan fingerprint density at radius 3 is 1.36 bits per heavy atom. The SMILES string of the molecule is COc1cc(-c2n[nH]c(Cn3nnc(-c4ccccc4)n3)n2)ccc1OCCCCCCOc1ccc(-c2n[nH]c(Cn3nnc(-c4ccccc4)n3)n2)cc1OC. The predicted octanol–water partition coefficient (Wildman–Crippen LogP) is 5.70. The first-order valence-corrected chi connectivity index (χ1v) is 18.7. The van der Waals surface area contributed by atoms with Crippen molar-refractivity contribution in [2.24, 2.45) is 0 Å². The van der Waals surface area contributed by atoms with Gasteiger partial charge in [-0.15, -0.1) is 20.4 Å². The Morgan fingerprint density at radius 1 is 0.483 bits per heavy atom. The molecule has 0 amide bonds. The predicted molar refractivity (Wildman–Crippen MR) is 211 cm³/mol. The van der Waals surface area contributed by atoms with Crippen LogP contribution in [0.4, 0.5) is 0 Å². The number of aromatic nitrogens is 14. The summed E-state index contributed by atoms with van der Waals surface area (Å²) >= 11 is 0. The highest BCUT2D eigenvalue weighted by Gasteiger charge is 2.15. The van der Waals surface area contributed by atoms with Gasteiger partial charge in [-0.3, -0.25) is 10.2 Å². The van der Waals surface area contributed by atoms with Gasteiger partial charge in [0.2, 0.25) is 11.6 Å². The van der Waals surface area contributed by atoms with E-state index in [-0.39, 0.29) is 0 Å². The van der Waals surface area contributed by atoms with Crippen molar-refractivity contribution in [1.29, 1.82) is 0 Å². The van der Waals surface area contributed by atoms with Gasteiger partial charge >= 0.3 is 0 Å². The zero-order valence-electron chi connectivity index (χ0n) is 31.9. The molecule has 0 aliphatic heterocycles. The summed E-state index contributed by atoms with van der Waals surface area (Å²) in [4.78, 5) is 12.2. The first-order valence-electron chi connectivity index (χ1n) is 18.7. The van der Waals surface area contributed by atoms with Crippen LogP contribution >= 0.6 is 0 Å². The molecule has 0 saturated carbocycles. The number of hydrogen-bond acceptors (Lipinski definition) is 14. The Balaban J connectivity index is 0.755. The molecule has 8 aromatic rings. The molecular formula is C40H40N14O4. The zero-order valence-corrected chi connectivity index (χ0v) is 31.9. The molecular weight excluding hydrogens is 741 g/mol. The molecule has 4 aromatic heterocycles. The van der Waals surface area contributed by atoms with Gasteiger partial charge < -0.3 is 18.9 Å². The van der Waals surface area contributed by atoms with Gasteiger partial charge in [-0.2, -0.15) is 19.8 Å². The quantitative estimate of drug-likeness (QED) is 0.0945. The van der Waals surface area contributed by atoms with Crippen molar-refractivity contribution in [1.82, 2.24) is 70.8 Å². The van der Waals surface area contributed by atoms with E-state index < -0.39 is 0 Å². The molecule has 0 bridgehead atoms. The van der Waals surface area contributed by atoms with Crippen LogP contribution in [-0.2, 0) is 13.1 Å². The first kappa shape index (κ1) is 37.4. The molecule has 0 saturated heterocycles. The third-order valence-electron chi connectivity index (χ3n) is 9.01. The van der Waals surface area contributed by atoms with Gasteiger partial charge in [0.15, 0.2) is 34.6 Å². The molecule has 2 N–H and O–H groups in total. The van der Waals surface area contributed by atoms with Gasteiger partial charge in [-0.05, 0) is 72.5 Å². The van der Waals surface area contributed by atoms with Crippen LogP contribution in [0.5, 0.6) is 23.0 Å². The molecule has 8 rings (SSSR count). The van der Waals surface area contributed by atoms with Crippen molar-refractivity contribution in [3.05, 3.63) is 109 Å². The van der Waals surface area contributed by atoms with Crippen molar-refractivity contribution in [3.63, 3.8) is 0 Å². The van der Waals surface area contributed by atoms with Crippen LogP contribution in [-0.4, -0.2) is 98.2 Å². The summed E-state index contributed by atoms with van der Waals surface area (Å²) in [5, 5.41) is 40.1. The molecule has 0 atom stereocenters. The van der Waals surface area contributed by atoms with Crippen molar-refractivity contribution in [3.8, 4) is 68.5 Å². The molecule has 0 fully saturated rings. The molecule has 4 heterocycles. The minimum atomic E-state index is 0.299. The lowest BCUT2D eigenvalue weighted by Gasteiger charge is -2.12. The maximum Gasteiger partial charge on any atom is 0.204 e. The normalized spacial score (nSPS) is 11.1. The summed E-state index contributed by atoms with van der Waals surface area (Å²) in [7, 11) is 3.23. The molecule has 0 spiro atoms. The summed E-state index contributed by atoms with van der Waals surface area (Å²) in [6.45, 7) is 1.71. The molecule has 4 aromatic carbocycles. The number of methoxy groups -OCH3 is 2. The fourth-order valence-corrected chi connectivity index (χ4v) is 6.06. The van der Waals surface area contributed by atoms with E-state index in [2.05, 4.69) is 61.2 Å². The number of tetrazole rings is 2. The van der Waals surface area contributed by atoms with Crippen molar-refractivity contribution in [2.45, 2.75) is 38.8 Å². The third-order valence-corrected chi connectivity index (χ3v) is 9.01. The second-order valence-electron chi connectivity index (χ2n) is 13.1. The minimum Gasteiger partial charge on any atom is -0.493 e. The summed E-state index contributed by atoms with van der Waals surface area (Å²) in [5.41, 5.74) is 3.36. The largest absolute Gasteiger partial charge is 0.493 e. The summed E-state index contributed by atoms with van der Waals surface area (Å²) < 4.78 is 23.4. The highest BCUT2D eigenvalue weighted by molar-refractivity contribution is 5.62. The van der Waals surface area contributed by atoms with Crippen LogP contribution in [0.3, 0.4) is 0 Å². The van der Waals surface area contributed by atoms with E-state index in [1.807, 2.05) is 97.1 Å². The third kappa shape index (κ3) is 9.13. The van der Waals surface area contributed by atoms with Gasteiger partial charge in [0, 0.05) is 22.3 Å². The van der Waals surface area contributed by atoms with Crippen molar-refractivity contribution >= 4 is 0 Å². The second-order valence-corrected chi connectivity index (χ2v) is 13.1. The van der Waals surface area contributed by atoms with Crippen LogP contribution in [0.2, 0.25) is 0 Å². The molecule has 0 unspecified atom stereocenters. The Labute approximate surface area is 332 Å². The molecule has 294 valence electrons. The van der Waals surface area contributed by atoms with E-state index in [9.17, 15) is 0 Å². The maximum atomic E-state index is 6.07. The van der Waals surface area contributed by atoms with Gasteiger partial charge in [-0.25, -0.2) is 9.97 Å². The Hall–Kier alpha value is -7.50. The fraction of sp³-hybridized carbons (Fsp3) is 0.250. The highest BCUT2D eigenvalue weighted by Crippen LogP contribution is 2.33. The number of unbranched alkanes of at least 4 members (excludes halogenated alkanes) is 3. The Kier molecular flexibility index (Phi) is 11.6. The number of benzene rings is 4. The number of ether oxygens (including phenoxy) is 4. The maximum absolute atomic E-state index is 6.07. The number of aromatic amines is 2. The molecule has 18 heteroatoms. The van der Waals surface area contributed by atoms with Crippen LogP contribution in [0.25, 0.3) is 45.6 Å². The molecule has 58 heavy (non-hydrogen) atoms. The average Bonchev–Trinajstić information content (AvgIpc) is 4.12. The molecule has 0 aliphatic carbocycles. The monoisotopic (exact) mass is 780 g/mol. The van der Waals surface area contributed by atoms with Crippen molar-refractivity contribution in [2.75, 3.05) is 27.4 Å². The van der Waals surface area contributed by atoms with E-state index in [1.165, 1.54) is 9.59 Å². The second kappa shape index (κ2) is 18.0. The van der Waals surface area contributed by atoms with Crippen LogP contribution in [0.1, 0.15) is 37.3 Å². The standard InChI is InChI=1S/C40H40N14O4/c1-55-33-23-29(37-41-35(43-45-37)25-53-49-39(47-51-53)27-13-7-5-8-14-27)17-19-31(33)57-21-11-3-4-12-22-58-32-20-18-30(24-34(32)56-2)38-42-36(44-46-38)26-54-50-40(48-52-54)28-15-9-6-10-16-28/h5-10,13-20,23-24H,3-4,11-12,21-22,25-26H2,1-2H3,(H,41,43,45)(H,42,44,46). The number of nitrogens with one attached hydrogen (secondary N) is 2. The Bertz CT molecular complexity index is 2360. The zero-order chi connectivity index (χ0) is 39.5. The van der Waals surface area contributed by atoms with Gasteiger partial charge in [-0.1, -0.05) is 60.7 Å². The van der Waals surface area contributed by atoms with Crippen LogP contribution in [0.15, 0.2) is 97.1 Å². The minimum absolute atomic E-state index is 0.299. The Morgan fingerprint density at radius 2 is 0.931 bits per heavy atom. The number of H-pyrrole nitrogens is 2. The lowest BCUT2D eigenvalue weighted by atomic mass is 10.2. The summed E-state index contributed by atoms with van der Waals surface area (Å²) in [6.07, 6.45) is 3.74. The van der Waals surface area contributed by atoms with E-state index in [1.54, 1.807) is 14.2 Å². The smallest absolute Gasteiger partial charge is 0.204 e. The van der Waals surface area contributed by atoms with Crippen LogP contribution < -0.4 is 18.9 Å². The van der Waals surface area contributed by atoms with Gasteiger partial charge in [0.05, 0.1) is 27.4 Å².